The van der Waals surface area contributed by atoms with Crippen molar-refractivity contribution in [2.75, 3.05) is 0 Å². The van der Waals surface area contributed by atoms with E-state index in [-0.39, 0.29) is 6.10 Å². The van der Waals surface area contributed by atoms with Gasteiger partial charge >= 0.3 is 0 Å². The second-order valence-corrected chi connectivity index (χ2v) is 5.76. The molecule has 90 valence electrons. The molecule has 2 rings (SSSR count). The lowest BCUT2D eigenvalue weighted by Crippen LogP contribution is -2.10. The van der Waals surface area contributed by atoms with Crippen LogP contribution in [0.3, 0.4) is 0 Å². The molecule has 2 aromatic rings. The van der Waals surface area contributed by atoms with E-state index in [1.807, 2.05) is 30.5 Å². The zero-order chi connectivity index (χ0) is 12.1. The third-order valence-corrected chi connectivity index (χ3v) is 3.81. The number of thiophene rings is 1. The Morgan fingerprint density at radius 3 is 2.88 bits per heavy atom. The number of aliphatic hydroxyl groups excluding tert-OH is 1. The van der Waals surface area contributed by atoms with Gasteiger partial charge in [-0.05, 0) is 36.6 Å². The lowest BCUT2D eigenvalue weighted by atomic mass is 10.1. The number of aliphatic hydroxyl groups is 1. The first kappa shape index (κ1) is 12.6. The SMILES string of the molecule is OC(CCc1cccnc1)Cc1ccc(Cl)s1. The minimum absolute atomic E-state index is 0.315. The quantitative estimate of drug-likeness (QED) is 0.901. The largest absolute Gasteiger partial charge is 0.393 e. The summed E-state index contributed by atoms with van der Waals surface area (Å²) in [6.45, 7) is 0. The molecule has 2 nitrogen and oxygen atoms in total. The third-order valence-electron chi connectivity index (χ3n) is 2.55. The molecule has 0 bridgehead atoms. The summed E-state index contributed by atoms with van der Waals surface area (Å²) < 4.78 is 0.777. The molecule has 0 saturated carbocycles. The zero-order valence-corrected chi connectivity index (χ0v) is 10.9. The summed E-state index contributed by atoms with van der Waals surface area (Å²) in [6.07, 6.45) is 5.57. The average Bonchev–Trinajstić information content (AvgIpc) is 2.73. The van der Waals surface area contributed by atoms with Crippen LogP contribution in [0.25, 0.3) is 0 Å². The van der Waals surface area contributed by atoms with Gasteiger partial charge in [-0.25, -0.2) is 0 Å². The molecule has 2 aromatic heterocycles. The van der Waals surface area contributed by atoms with E-state index in [1.54, 1.807) is 6.20 Å². The van der Waals surface area contributed by atoms with Crippen molar-refractivity contribution >= 4 is 22.9 Å². The Morgan fingerprint density at radius 2 is 2.24 bits per heavy atom. The maximum absolute atomic E-state index is 9.92. The van der Waals surface area contributed by atoms with Crippen molar-refractivity contribution < 1.29 is 5.11 Å². The molecule has 1 unspecified atom stereocenters. The highest BCUT2D eigenvalue weighted by Gasteiger charge is 2.08. The van der Waals surface area contributed by atoms with Gasteiger partial charge in [-0.1, -0.05) is 17.7 Å². The predicted molar refractivity (Wildman–Crippen MR) is 71.6 cm³/mol. The fourth-order valence-corrected chi connectivity index (χ4v) is 2.83. The van der Waals surface area contributed by atoms with Crippen LogP contribution in [0.2, 0.25) is 4.34 Å². The first-order valence-electron chi connectivity index (χ1n) is 5.55. The van der Waals surface area contributed by atoms with Crippen molar-refractivity contribution in [2.24, 2.45) is 0 Å². The van der Waals surface area contributed by atoms with Gasteiger partial charge in [0, 0.05) is 23.7 Å². The normalized spacial score (nSPS) is 12.6. The summed E-state index contributed by atoms with van der Waals surface area (Å²) in [6, 6.07) is 7.79. The number of aryl methyl sites for hydroxylation is 1. The number of aromatic nitrogens is 1. The molecule has 17 heavy (non-hydrogen) atoms. The monoisotopic (exact) mass is 267 g/mol. The second kappa shape index (κ2) is 6.15. The Bertz CT molecular complexity index is 457. The van der Waals surface area contributed by atoms with Crippen molar-refractivity contribution in [2.45, 2.75) is 25.4 Å². The summed E-state index contributed by atoms with van der Waals surface area (Å²) >= 11 is 7.38. The molecule has 0 fully saturated rings. The zero-order valence-electron chi connectivity index (χ0n) is 9.34. The minimum atomic E-state index is -0.315. The van der Waals surface area contributed by atoms with Crippen LogP contribution in [0.15, 0.2) is 36.7 Å². The van der Waals surface area contributed by atoms with Crippen LogP contribution < -0.4 is 0 Å². The molecule has 0 radical (unpaired) electrons. The Hall–Kier alpha value is -0.900. The molecule has 0 aliphatic rings. The molecule has 4 heteroatoms. The number of halogens is 1. The van der Waals surface area contributed by atoms with Gasteiger partial charge in [-0.15, -0.1) is 11.3 Å². The first-order chi connectivity index (χ1) is 8.24. The van der Waals surface area contributed by atoms with Crippen LogP contribution in [0.4, 0.5) is 0 Å². The Morgan fingerprint density at radius 1 is 1.35 bits per heavy atom. The molecule has 0 saturated heterocycles. The number of rotatable bonds is 5. The van der Waals surface area contributed by atoms with Gasteiger partial charge < -0.3 is 5.11 Å². The van der Waals surface area contributed by atoms with Crippen LogP contribution in [0, 0.1) is 0 Å². The maximum Gasteiger partial charge on any atom is 0.0931 e. The molecule has 1 atom stereocenters. The highest BCUT2D eigenvalue weighted by molar-refractivity contribution is 7.16. The highest BCUT2D eigenvalue weighted by Crippen LogP contribution is 2.23. The van der Waals surface area contributed by atoms with Gasteiger partial charge in [-0.3, -0.25) is 4.98 Å². The number of hydrogen-bond acceptors (Lipinski definition) is 3. The van der Waals surface area contributed by atoms with Crippen molar-refractivity contribution in [3.63, 3.8) is 0 Å². The molecule has 2 heterocycles. The van der Waals surface area contributed by atoms with E-state index < -0.39 is 0 Å². The minimum Gasteiger partial charge on any atom is -0.393 e. The van der Waals surface area contributed by atoms with Crippen molar-refractivity contribution in [1.82, 2.24) is 4.98 Å². The fourth-order valence-electron chi connectivity index (χ4n) is 1.68. The van der Waals surface area contributed by atoms with Crippen LogP contribution >= 0.6 is 22.9 Å². The van der Waals surface area contributed by atoms with Gasteiger partial charge in [0.1, 0.15) is 0 Å². The van der Waals surface area contributed by atoms with Gasteiger partial charge in [0.2, 0.25) is 0 Å². The van der Waals surface area contributed by atoms with E-state index in [9.17, 15) is 5.11 Å². The van der Waals surface area contributed by atoms with E-state index in [4.69, 9.17) is 11.6 Å². The van der Waals surface area contributed by atoms with E-state index in [0.29, 0.717) is 6.42 Å². The van der Waals surface area contributed by atoms with Gasteiger partial charge in [-0.2, -0.15) is 0 Å². The lowest BCUT2D eigenvalue weighted by Gasteiger charge is -2.08. The smallest absolute Gasteiger partial charge is 0.0931 e. The number of hydrogen-bond donors (Lipinski definition) is 1. The topological polar surface area (TPSA) is 33.1 Å². The molecule has 0 aromatic carbocycles. The highest BCUT2D eigenvalue weighted by atomic mass is 35.5. The molecule has 0 aliphatic heterocycles. The average molecular weight is 268 g/mol. The second-order valence-electron chi connectivity index (χ2n) is 3.96. The van der Waals surface area contributed by atoms with Crippen LogP contribution in [-0.2, 0) is 12.8 Å². The third kappa shape index (κ3) is 4.11. The Labute approximate surface area is 110 Å². The van der Waals surface area contributed by atoms with Gasteiger partial charge in [0.05, 0.1) is 10.4 Å². The van der Waals surface area contributed by atoms with E-state index >= 15 is 0 Å². The molecular weight excluding hydrogens is 254 g/mol. The fraction of sp³-hybridized carbons (Fsp3) is 0.308. The maximum atomic E-state index is 9.92. The van der Waals surface area contributed by atoms with E-state index in [1.165, 1.54) is 11.3 Å². The molecular formula is C13H14ClNOS. The summed E-state index contributed by atoms with van der Waals surface area (Å²) in [5.74, 6) is 0. The van der Waals surface area contributed by atoms with Crippen LogP contribution in [0.5, 0.6) is 0 Å². The summed E-state index contributed by atoms with van der Waals surface area (Å²) in [4.78, 5) is 5.19. The predicted octanol–water partition coefficient (Wildman–Crippen LogP) is 3.33. The Kier molecular flexibility index (Phi) is 4.54. The standard InChI is InChI=1S/C13H14ClNOS/c14-13-6-5-12(17-13)8-11(16)4-3-10-2-1-7-15-9-10/h1-2,5-7,9,11,16H,3-4,8H2. The van der Waals surface area contributed by atoms with Crippen molar-refractivity contribution in [3.05, 3.63) is 51.4 Å². The number of pyridine rings is 1. The first-order valence-corrected chi connectivity index (χ1v) is 6.74. The molecule has 0 aliphatic carbocycles. The van der Waals surface area contributed by atoms with Crippen molar-refractivity contribution in [1.29, 1.82) is 0 Å². The summed E-state index contributed by atoms with van der Waals surface area (Å²) in [5, 5.41) is 9.92. The van der Waals surface area contributed by atoms with E-state index in [0.717, 1.165) is 27.6 Å². The Balaban J connectivity index is 1.80. The summed E-state index contributed by atoms with van der Waals surface area (Å²) in [5.41, 5.74) is 1.16. The molecule has 0 spiro atoms. The summed E-state index contributed by atoms with van der Waals surface area (Å²) in [7, 11) is 0. The molecule has 0 amide bonds. The van der Waals surface area contributed by atoms with Crippen molar-refractivity contribution in [3.8, 4) is 0 Å². The lowest BCUT2D eigenvalue weighted by molar-refractivity contribution is 0.166. The molecule has 1 N–H and O–H groups in total. The van der Waals surface area contributed by atoms with Gasteiger partial charge in [0.25, 0.3) is 0 Å². The van der Waals surface area contributed by atoms with Crippen LogP contribution in [0.1, 0.15) is 16.9 Å². The number of nitrogens with zero attached hydrogens (tertiary/aromatic N) is 1. The van der Waals surface area contributed by atoms with Crippen LogP contribution in [-0.4, -0.2) is 16.2 Å². The van der Waals surface area contributed by atoms with Gasteiger partial charge in [0.15, 0.2) is 0 Å². The van der Waals surface area contributed by atoms with E-state index in [2.05, 4.69) is 4.98 Å².